The molecule has 0 saturated heterocycles. The van der Waals surface area contributed by atoms with Crippen molar-refractivity contribution in [3.8, 4) is 0 Å². The number of unbranched alkanes of at least 4 members (excludes halogenated alkanes) is 1. The molecule has 21 heavy (non-hydrogen) atoms. The third-order valence-electron chi connectivity index (χ3n) is 3.33. The maximum Gasteiger partial charge on any atom is 0.270 e. The molecule has 0 saturated carbocycles. The molecule has 0 aliphatic heterocycles. The van der Waals surface area contributed by atoms with Gasteiger partial charge in [-0.3, -0.25) is 9.59 Å². The van der Waals surface area contributed by atoms with E-state index in [9.17, 15) is 9.59 Å². The number of anilines is 1. The third kappa shape index (κ3) is 3.34. The Labute approximate surface area is 123 Å². The van der Waals surface area contributed by atoms with Gasteiger partial charge in [0.15, 0.2) is 0 Å². The number of fused-ring (bicyclic) bond motifs is 1. The summed E-state index contributed by atoms with van der Waals surface area (Å²) in [5.74, 6) is -0.757. The van der Waals surface area contributed by atoms with Crippen LogP contribution in [-0.2, 0) is 4.79 Å². The Morgan fingerprint density at radius 2 is 2.10 bits per heavy atom. The van der Waals surface area contributed by atoms with Crippen molar-refractivity contribution in [1.82, 2.24) is 9.88 Å². The first kappa shape index (κ1) is 14.9. The maximum absolute atomic E-state index is 12.5. The molecule has 0 aliphatic rings. The largest absolute Gasteiger partial charge is 0.397 e. The van der Waals surface area contributed by atoms with Crippen LogP contribution in [-0.4, -0.2) is 34.8 Å². The molecule has 0 atom stereocenters. The molecule has 1 heterocycles. The third-order valence-corrected chi connectivity index (χ3v) is 3.33. The van der Waals surface area contributed by atoms with Crippen molar-refractivity contribution in [3.63, 3.8) is 0 Å². The van der Waals surface area contributed by atoms with Crippen LogP contribution in [0.25, 0.3) is 10.9 Å². The molecule has 0 unspecified atom stereocenters. The molecule has 0 radical (unpaired) electrons. The van der Waals surface area contributed by atoms with Crippen molar-refractivity contribution in [2.45, 2.75) is 19.8 Å². The number of carbonyl (C=O) groups excluding carboxylic acids is 2. The maximum atomic E-state index is 12.5. The number of nitrogen functional groups attached to an aromatic ring is 1. The van der Waals surface area contributed by atoms with E-state index < -0.39 is 5.91 Å². The van der Waals surface area contributed by atoms with Gasteiger partial charge in [-0.1, -0.05) is 25.5 Å². The number of para-hydroxylation sites is 1. The standard InChI is InChI=1S/C15H20N4O2/c1-2-3-7-19(9-13(17)20)15(21)12-8-10-5-4-6-11(16)14(10)18-12/h4-6,8,18H,2-3,7,9,16H2,1H3,(H2,17,20). The Kier molecular flexibility index (Phi) is 4.47. The second kappa shape index (κ2) is 6.30. The number of H-pyrrole nitrogens is 1. The Morgan fingerprint density at radius 3 is 2.71 bits per heavy atom. The molecule has 2 aromatic rings. The van der Waals surface area contributed by atoms with E-state index in [4.69, 9.17) is 11.5 Å². The summed E-state index contributed by atoms with van der Waals surface area (Å²) < 4.78 is 0. The predicted octanol–water partition coefficient (Wildman–Crippen LogP) is 1.48. The molecular formula is C15H20N4O2. The quantitative estimate of drug-likeness (QED) is 0.701. The number of hydrogen-bond acceptors (Lipinski definition) is 3. The van der Waals surface area contributed by atoms with Gasteiger partial charge >= 0.3 is 0 Å². The molecule has 6 nitrogen and oxygen atoms in total. The minimum atomic E-state index is -0.518. The highest BCUT2D eigenvalue weighted by Crippen LogP contribution is 2.21. The zero-order valence-electron chi connectivity index (χ0n) is 12.1. The Bertz CT molecular complexity index is 663. The van der Waals surface area contributed by atoms with E-state index in [1.807, 2.05) is 19.1 Å². The van der Waals surface area contributed by atoms with Crippen molar-refractivity contribution in [1.29, 1.82) is 0 Å². The van der Waals surface area contributed by atoms with Gasteiger partial charge in [-0.25, -0.2) is 0 Å². The highest BCUT2D eigenvalue weighted by Gasteiger charge is 2.19. The Hall–Kier alpha value is -2.50. The molecule has 0 aliphatic carbocycles. The molecule has 1 aromatic heterocycles. The average molecular weight is 288 g/mol. The first-order chi connectivity index (χ1) is 10.0. The van der Waals surface area contributed by atoms with Gasteiger partial charge in [-0.15, -0.1) is 0 Å². The van der Waals surface area contributed by atoms with Crippen molar-refractivity contribution in [3.05, 3.63) is 30.0 Å². The minimum Gasteiger partial charge on any atom is -0.397 e. The minimum absolute atomic E-state index is 0.0797. The lowest BCUT2D eigenvalue weighted by atomic mass is 10.2. The van der Waals surface area contributed by atoms with E-state index in [2.05, 4.69) is 4.98 Å². The van der Waals surface area contributed by atoms with E-state index in [0.717, 1.165) is 23.7 Å². The van der Waals surface area contributed by atoms with Gasteiger partial charge in [-0.2, -0.15) is 0 Å². The molecule has 0 bridgehead atoms. The molecule has 0 spiro atoms. The molecule has 2 rings (SSSR count). The number of amides is 2. The zero-order valence-corrected chi connectivity index (χ0v) is 12.1. The number of hydrogen-bond donors (Lipinski definition) is 3. The summed E-state index contributed by atoms with van der Waals surface area (Å²) in [6.45, 7) is 2.45. The first-order valence-electron chi connectivity index (χ1n) is 6.97. The molecule has 2 amide bonds. The highest BCUT2D eigenvalue weighted by molar-refractivity contribution is 6.01. The first-order valence-corrected chi connectivity index (χ1v) is 6.97. The lowest BCUT2D eigenvalue weighted by molar-refractivity contribution is -0.118. The second-order valence-corrected chi connectivity index (χ2v) is 5.04. The number of aromatic nitrogens is 1. The monoisotopic (exact) mass is 288 g/mol. The fourth-order valence-corrected chi connectivity index (χ4v) is 2.25. The predicted molar refractivity (Wildman–Crippen MR) is 82.7 cm³/mol. The van der Waals surface area contributed by atoms with Gasteiger partial charge in [0.1, 0.15) is 5.69 Å². The van der Waals surface area contributed by atoms with Crippen LogP contribution in [0.3, 0.4) is 0 Å². The van der Waals surface area contributed by atoms with Gasteiger partial charge < -0.3 is 21.4 Å². The van der Waals surface area contributed by atoms with Crippen LogP contribution in [0.15, 0.2) is 24.3 Å². The number of aromatic amines is 1. The summed E-state index contributed by atoms with van der Waals surface area (Å²) in [5, 5.41) is 0.868. The van der Waals surface area contributed by atoms with Crippen LogP contribution in [0.5, 0.6) is 0 Å². The molecule has 0 fully saturated rings. The van der Waals surface area contributed by atoms with Gasteiger partial charge in [0.25, 0.3) is 5.91 Å². The van der Waals surface area contributed by atoms with E-state index in [-0.39, 0.29) is 12.5 Å². The number of carbonyl (C=O) groups is 2. The van der Waals surface area contributed by atoms with Crippen LogP contribution in [0, 0.1) is 0 Å². The Balaban J connectivity index is 2.29. The van der Waals surface area contributed by atoms with Gasteiger partial charge in [-0.05, 0) is 18.6 Å². The lowest BCUT2D eigenvalue weighted by Crippen LogP contribution is -2.39. The number of primary amides is 1. The highest BCUT2D eigenvalue weighted by atomic mass is 16.2. The van der Waals surface area contributed by atoms with Crippen molar-refractivity contribution < 1.29 is 9.59 Å². The smallest absolute Gasteiger partial charge is 0.270 e. The topological polar surface area (TPSA) is 105 Å². The summed E-state index contributed by atoms with van der Waals surface area (Å²) in [7, 11) is 0. The summed E-state index contributed by atoms with van der Waals surface area (Å²) >= 11 is 0. The van der Waals surface area contributed by atoms with E-state index >= 15 is 0 Å². The zero-order chi connectivity index (χ0) is 15.4. The van der Waals surface area contributed by atoms with Crippen molar-refractivity contribution in [2.24, 2.45) is 5.73 Å². The van der Waals surface area contributed by atoms with Crippen LogP contribution in [0.2, 0.25) is 0 Å². The number of rotatable bonds is 6. The molecule has 112 valence electrons. The molecule has 6 heteroatoms. The summed E-state index contributed by atoms with van der Waals surface area (Å²) in [5.41, 5.74) is 12.8. The van der Waals surface area contributed by atoms with E-state index in [1.54, 1.807) is 12.1 Å². The lowest BCUT2D eigenvalue weighted by Gasteiger charge is -2.20. The van der Waals surface area contributed by atoms with Gasteiger partial charge in [0, 0.05) is 11.9 Å². The van der Waals surface area contributed by atoms with Gasteiger partial charge in [0.05, 0.1) is 17.7 Å². The van der Waals surface area contributed by atoms with Crippen molar-refractivity contribution in [2.75, 3.05) is 18.8 Å². The fraction of sp³-hybridized carbons (Fsp3) is 0.333. The summed E-state index contributed by atoms with van der Waals surface area (Å²) in [6, 6.07) is 7.22. The van der Waals surface area contributed by atoms with Crippen LogP contribution < -0.4 is 11.5 Å². The SMILES string of the molecule is CCCCN(CC(N)=O)C(=O)c1cc2cccc(N)c2[nH]1. The molecule has 1 aromatic carbocycles. The molecule has 5 N–H and O–H groups in total. The van der Waals surface area contributed by atoms with Crippen LogP contribution >= 0.6 is 0 Å². The van der Waals surface area contributed by atoms with Crippen molar-refractivity contribution >= 4 is 28.4 Å². The average Bonchev–Trinajstić information content (AvgIpc) is 2.88. The van der Waals surface area contributed by atoms with E-state index in [0.29, 0.717) is 17.9 Å². The summed E-state index contributed by atoms with van der Waals surface area (Å²) in [6.07, 6.45) is 1.75. The van der Waals surface area contributed by atoms with Crippen LogP contribution in [0.1, 0.15) is 30.3 Å². The fourth-order valence-electron chi connectivity index (χ4n) is 2.25. The molecular weight excluding hydrogens is 268 g/mol. The van der Waals surface area contributed by atoms with Gasteiger partial charge in [0.2, 0.25) is 5.91 Å². The van der Waals surface area contributed by atoms with E-state index in [1.165, 1.54) is 4.90 Å². The number of nitrogens with zero attached hydrogens (tertiary/aromatic N) is 1. The number of nitrogens with two attached hydrogens (primary N) is 2. The Morgan fingerprint density at radius 1 is 1.33 bits per heavy atom. The summed E-state index contributed by atoms with van der Waals surface area (Å²) in [4.78, 5) is 28.1. The number of benzene rings is 1. The van der Waals surface area contributed by atoms with Crippen LogP contribution in [0.4, 0.5) is 5.69 Å². The second-order valence-electron chi connectivity index (χ2n) is 5.04. The normalized spacial score (nSPS) is 10.7. The number of nitrogens with one attached hydrogen (secondary N) is 1.